The Morgan fingerprint density at radius 3 is 2.83 bits per heavy atom. The van der Waals surface area contributed by atoms with Crippen LogP contribution in [0.15, 0.2) is 29.3 Å². The molecule has 0 spiro atoms. The quantitative estimate of drug-likeness (QED) is 0.837. The van der Waals surface area contributed by atoms with Gasteiger partial charge >= 0.3 is 0 Å². The van der Waals surface area contributed by atoms with E-state index in [2.05, 4.69) is 20.3 Å². The Hall–Kier alpha value is -2.70. The maximum Gasteiger partial charge on any atom is 0.273 e. The van der Waals surface area contributed by atoms with Gasteiger partial charge in [0.05, 0.1) is 7.11 Å². The average Bonchev–Trinajstić information content (AvgIpc) is 2.54. The number of nitrogens with zero attached hydrogens (tertiary/aromatic N) is 2. The van der Waals surface area contributed by atoms with Crippen LogP contribution in [0.4, 0.5) is 0 Å². The number of hydrogen-bond acceptors (Lipinski definition) is 5. The summed E-state index contributed by atoms with van der Waals surface area (Å²) in [5.41, 5.74) is 0.868. The molecule has 23 heavy (non-hydrogen) atoms. The number of rotatable bonds is 6. The second-order valence-corrected chi connectivity index (χ2v) is 5.54. The fraction of sp³-hybridized carbons (Fsp3) is 0.375. The molecule has 1 amide bonds. The lowest BCUT2D eigenvalue weighted by molar-refractivity contribution is 0.0941. The van der Waals surface area contributed by atoms with E-state index < -0.39 is 5.91 Å². The molecule has 2 aromatic rings. The molecule has 0 aromatic carbocycles. The van der Waals surface area contributed by atoms with Gasteiger partial charge in [0.2, 0.25) is 5.88 Å². The van der Waals surface area contributed by atoms with Gasteiger partial charge in [-0.2, -0.15) is 0 Å². The fourth-order valence-electron chi connectivity index (χ4n) is 2.07. The van der Waals surface area contributed by atoms with Crippen LogP contribution in [0.25, 0.3) is 0 Å². The molecule has 0 atom stereocenters. The lowest BCUT2D eigenvalue weighted by Gasteiger charge is -2.10. The second kappa shape index (κ2) is 7.53. The summed E-state index contributed by atoms with van der Waals surface area (Å²) >= 11 is 0. The van der Waals surface area contributed by atoms with Crippen molar-refractivity contribution >= 4 is 5.91 Å². The summed E-state index contributed by atoms with van der Waals surface area (Å²) in [5.74, 6) is -0.0612. The van der Waals surface area contributed by atoms with Gasteiger partial charge in [-0.05, 0) is 24.0 Å². The van der Waals surface area contributed by atoms with E-state index in [0.29, 0.717) is 18.7 Å². The van der Waals surface area contributed by atoms with E-state index >= 15 is 0 Å². The predicted molar refractivity (Wildman–Crippen MR) is 85.4 cm³/mol. The number of aromatic nitrogens is 3. The van der Waals surface area contributed by atoms with Crippen molar-refractivity contribution in [3.8, 4) is 5.88 Å². The number of amides is 1. The van der Waals surface area contributed by atoms with Gasteiger partial charge in [0.25, 0.3) is 11.5 Å². The third kappa shape index (κ3) is 4.38. The van der Waals surface area contributed by atoms with Gasteiger partial charge in [-0.25, -0.2) is 4.98 Å². The second-order valence-electron chi connectivity index (χ2n) is 5.54. The summed E-state index contributed by atoms with van der Waals surface area (Å²) in [7, 11) is 1.41. The molecule has 2 heterocycles. The molecule has 0 saturated carbocycles. The number of aromatic amines is 1. The van der Waals surface area contributed by atoms with E-state index in [1.54, 1.807) is 18.5 Å². The topological polar surface area (TPSA) is 97.0 Å². The minimum absolute atomic E-state index is 0.0221. The predicted octanol–water partition coefficient (Wildman–Crippen LogP) is 1.30. The highest BCUT2D eigenvalue weighted by molar-refractivity contribution is 5.94. The Morgan fingerprint density at radius 2 is 2.22 bits per heavy atom. The van der Waals surface area contributed by atoms with Crippen LogP contribution >= 0.6 is 0 Å². The molecule has 0 unspecified atom stereocenters. The van der Waals surface area contributed by atoms with Crippen LogP contribution in [-0.4, -0.2) is 28.0 Å². The lowest BCUT2D eigenvalue weighted by atomic mass is 10.1. The van der Waals surface area contributed by atoms with Crippen LogP contribution in [0, 0.1) is 5.92 Å². The number of carbonyl (C=O) groups is 1. The molecule has 0 fully saturated rings. The lowest BCUT2D eigenvalue weighted by Crippen LogP contribution is -2.29. The number of carbonyl (C=O) groups excluding carboxylic acids is 1. The SMILES string of the molecule is COc1nc(CC(C)C)c(=O)[nH]c1C(=O)NCc1cccnc1. The molecule has 0 aliphatic carbocycles. The van der Waals surface area contributed by atoms with Crippen molar-refractivity contribution in [1.29, 1.82) is 0 Å². The molecular formula is C16H20N4O3. The number of methoxy groups -OCH3 is 1. The van der Waals surface area contributed by atoms with Crippen molar-refractivity contribution in [2.45, 2.75) is 26.8 Å². The first-order valence-corrected chi connectivity index (χ1v) is 7.35. The summed E-state index contributed by atoms with van der Waals surface area (Å²) < 4.78 is 5.14. The van der Waals surface area contributed by atoms with Crippen molar-refractivity contribution in [2.75, 3.05) is 7.11 Å². The molecular weight excluding hydrogens is 296 g/mol. The zero-order valence-corrected chi connectivity index (χ0v) is 13.4. The Kier molecular flexibility index (Phi) is 5.46. The first-order valence-electron chi connectivity index (χ1n) is 7.35. The van der Waals surface area contributed by atoms with E-state index in [4.69, 9.17) is 4.74 Å². The van der Waals surface area contributed by atoms with E-state index in [-0.39, 0.29) is 23.1 Å². The van der Waals surface area contributed by atoms with Crippen LogP contribution < -0.4 is 15.6 Å². The standard InChI is InChI=1S/C16H20N4O3/c1-10(2)7-12-14(21)20-13(16(19-12)23-3)15(22)18-9-11-5-4-6-17-8-11/h4-6,8,10H,7,9H2,1-3H3,(H,18,22)(H,20,21). The van der Waals surface area contributed by atoms with E-state index in [1.165, 1.54) is 7.11 Å². The van der Waals surface area contributed by atoms with Crippen molar-refractivity contribution in [2.24, 2.45) is 5.92 Å². The molecule has 2 rings (SSSR count). The Bertz CT molecular complexity index is 726. The monoisotopic (exact) mass is 316 g/mol. The Labute approximate surface area is 134 Å². The third-order valence-corrected chi connectivity index (χ3v) is 3.15. The maximum absolute atomic E-state index is 12.3. The molecule has 0 radical (unpaired) electrons. The van der Waals surface area contributed by atoms with Crippen molar-refractivity contribution in [1.82, 2.24) is 20.3 Å². The van der Waals surface area contributed by atoms with Gasteiger partial charge < -0.3 is 15.0 Å². The van der Waals surface area contributed by atoms with Crippen LogP contribution in [-0.2, 0) is 13.0 Å². The molecule has 122 valence electrons. The minimum atomic E-state index is -0.452. The molecule has 0 saturated heterocycles. The molecule has 0 aliphatic rings. The van der Waals surface area contributed by atoms with Crippen LogP contribution in [0.2, 0.25) is 0 Å². The Morgan fingerprint density at radius 1 is 1.43 bits per heavy atom. The highest BCUT2D eigenvalue weighted by Crippen LogP contribution is 2.12. The van der Waals surface area contributed by atoms with Crippen LogP contribution in [0.3, 0.4) is 0 Å². The van der Waals surface area contributed by atoms with Gasteiger partial charge in [0, 0.05) is 18.9 Å². The summed E-state index contributed by atoms with van der Waals surface area (Å²) in [5, 5.41) is 2.71. The summed E-state index contributed by atoms with van der Waals surface area (Å²) in [6.45, 7) is 4.27. The minimum Gasteiger partial charge on any atom is -0.479 e. The molecule has 0 bridgehead atoms. The third-order valence-electron chi connectivity index (χ3n) is 3.15. The van der Waals surface area contributed by atoms with Crippen LogP contribution in [0.5, 0.6) is 5.88 Å². The first-order chi connectivity index (χ1) is 11.0. The Balaban J connectivity index is 2.19. The average molecular weight is 316 g/mol. The van der Waals surface area contributed by atoms with Gasteiger partial charge in [0.1, 0.15) is 5.69 Å². The fourth-order valence-corrected chi connectivity index (χ4v) is 2.07. The smallest absolute Gasteiger partial charge is 0.273 e. The normalized spacial score (nSPS) is 10.6. The number of H-pyrrole nitrogens is 1. The maximum atomic E-state index is 12.3. The molecule has 7 nitrogen and oxygen atoms in total. The van der Waals surface area contributed by atoms with Gasteiger partial charge in [-0.15, -0.1) is 0 Å². The zero-order valence-electron chi connectivity index (χ0n) is 13.4. The van der Waals surface area contributed by atoms with Crippen molar-refractivity contribution < 1.29 is 9.53 Å². The van der Waals surface area contributed by atoms with Crippen molar-refractivity contribution in [3.63, 3.8) is 0 Å². The molecule has 2 N–H and O–H groups in total. The number of nitrogens with one attached hydrogen (secondary N) is 2. The summed E-state index contributed by atoms with van der Waals surface area (Å²) in [6.07, 6.45) is 3.83. The zero-order chi connectivity index (χ0) is 16.8. The largest absolute Gasteiger partial charge is 0.479 e. The van der Waals surface area contributed by atoms with Crippen LogP contribution in [0.1, 0.15) is 35.6 Å². The van der Waals surface area contributed by atoms with E-state index in [1.807, 2.05) is 19.9 Å². The highest BCUT2D eigenvalue weighted by Gasteiger charge is 2.18. The van der Waals surface area contributed by atoms with E-state index in [0.717, 1.165) is 5.56 Å². The van der Waals surface area contributed by atoms with E-state index in [9.17, 15) is 9.59 Å². The summed E-state index contributed by atoms with van der Waals surface area (Å²) in [6, 6.07) is 3.63. The van der Waals surface area contributed by atoms with Crippen molar-refractivity contribution in [3.05, 3.63) is 51.8 Å². The first kappa shape index (κ1) is 16.7. The number of pyridine rings is 1. The molecule has 0 aliphatic heterocycles. The van der Waals surface area contributed by atoms with Gasteiger partial charge in [-0.3, -0.25) is 14.6 Å². The molecule has 2 aromatic heterocycles. The number of hydrogen-bond donors (Lipinski definition) is 2. The molecule has 7 heteroatoms. The summed E-state index contributed by atoms with van der Waals surface area (Å²) in [4.78, 5) is 35.0. The van der Waals surface area contributed by atoms with Gasteiger partial charge in [0.15, 0.2) is 5.69 Å². The highest BCUT2D eigenvalue weighted by atomic mass is 16.5. The van der Waals surface area contributed by atoms with Gasteiger partial charge in [-0.1, -0.05) is 19.9 Å². The number of ether oxygens (including phenoxy) is 1.